The molecule has 1 aliphatic heterocycles. The van der Waals surface area contributed by atoms with Gasteiger partial charge in [0.15, 0.2) is 0 Å². The van der Waals surface area contributed by atoms with Gasteiger partial charge < -0.3 is 5.73 Å². The van der Waals surface area contributed by atoms with Crippen LogP contribution < -0.4 is 5.73 Å². The number of rotatable bonds is 4. The highest BCUT2D eigenvalue weighted by Crippen LogP contribution is 2.42. The van der Waals surface area contributed by atoms with Gasteiger partial charge >= 0.3 is 0 Å². The van der Waals surface area contributed by atoms with Crippen molar-refractivity contribution in [3.8, 4) is 0 Å². The van der Waals surface area contributed by atoms with Gasteiger partial charge in [-0.3, -0.25) is 4.90 Å². The first-order chi connectivity index (χ1) is 9.80. The molecule has 2 N–H and O–H groups in total. The van der Waals surface area contributed by atoms with E-state index < -0.39 is 0 Å². The van der Waals surface area contributed by atoms with Crippen molar-refractivity contribution in [3.63, 3.8) is 0 Å². The molecule has 1 heterocycles. The number of aryl methyl sites for hydroxylation is 1. The molecule has 1 aromatic carbocycles. The Morgan fingerprint density at radius 2 is 2.20 bits per heavy atom. The van der Waals surface area contributed by atoms with Crippen molar-refractivity contribution >= 4 is 0 Å². The molecule has 1 aliphatic carbocycles. The molecule has 2 aliphatic rings. The first-order valence-corrected chi connectivity index (χ1v) is 8.33. The SMILES string of the molecule is CCCC1CCN(C2(CN)CCCc3ccccc32)C1. The lowest BCUT2D eigenvalue weighted by Crippen LogP contribution is -2.52. The summed E-state index contributed by atoms with van der Waals surface area (Å²) in [6, 6.07) is 9.00. The van der Waals surface area contributed by atoms with Crippen molar-refractivity contribution in [2.24, 2.45) is 11.7 Å². The van der Waals surface area contributed by atoms with Crippen LogP contribution in [0.15, 0.2) is 24.3 Å². The lowest BCUT2D eigenvalue weighted by Gasteiger charge is -2.45. The van der Waals surface area contributed by atoms with E-state index in [0.717, 1.165) is 12.5 Å². The highest BCUT2D eigenvalue weighted by atomic mass is 15.2. The van der Waals surface area contributed by atoms with Crippen LogP contribution in [0.3, 0.4) is 0 Å². The highest BCUT2D eigenvalue weighted by molar-refractivity contribution is 5.37. The molecule has 0 saturated carbocycles. The molecule has 3 rings (SSSR count). The Hall–Kier alpha value is -0.860. The normalized spacial score (nSPS) is 30.4. The van der Waals surface area contributed by atoms with Gasteiger partial charge in [0.05, 0.1) is 5.54 Å². The molecule has 2 nitrogen and oxygen atoms in total. The quantitative estimate of drug-likeness (QED) is 0.911. The van der Waals surface area contributed by atoms with E-state index in [1.165, 1.54) is 62.7 Å². The average Bonchev–Trinajstić information content (AvgIpc) is 2.96. The molecule has 110 valence electrons. The van der Waals surface area contributed by atoms with Crippen molar-refractivity contribution < 1.29 is 0 Å². The minimum atomic E-state index is 0.122. The van der Waals surface area contributed by atoms with E-state index in [2.05, 4.69) is 36.1 Å². The van der Waals surface area contributed by atoms with Gasteiger partial charge in [-0.15, -0.1) is 0 Å². The van der Waals surface area contributed by atoms with Crippen LogP contribution in [-0.2, 0) is 12.0 Å². The minimum Gasteiger partial charge on any atom is -0.328 e. The van der Waals surface area contributed by atoms with Gasteiger partial charge in [-0.25, -0.2) is 0 Å². The second-order valence-corrected chi connectivity index (χ2v) is 6.64. The molecular formula is C18H28N2. The van der Waals surface area contributed by atoms with Gasteiger partial charge in [-0.05, 0) is 55.7 Å². The first kappa shape index (κ1) is 14.1. The second-order valence-electron chi connectivity index (χ2n) is 6.64. The smallest absolute Gasteiger partial charge is 0.0586 e. The number of hydrogen-bond donors (Lipinski definition) is 1. The number of likely N-dealkylation sites (tertiary alicyclic amines) is 1. The van der Waals surface area contributed by atoms with E-state index in [-0.39, 0.29) is 5.54 Å². The molecule has 0 bridgehead atoms. The van der Waals surface area contributed by atoms with Crippen molar-refractivity contribution in [1.29, 1.82) is 0 Å². The predicted molar refractivity (Wildman–Crippen MR) is 84.7 cm³/mol. The van der Waals surface area contributed by atoms with Crippen LogP contribution in [0.2, 0.25) is 0 Å². The molecule has 0 aromatic heterocycles. The summed E-state index contributed by atoms with van der Waals surface area (Å²) in [6.45, 7) is 5.55. The summed E-state index contributed by atoms with van der Waals surface area (Å²) in [7, 11) is 0. The van der Waals surface area contributed by atoms with Gasteiger partial charge in [0, 0.05) is 13.1 Å². The number of nitrogens with two attached hydrogens (primary N) is 1. The molecule has 2 unspecified atom stereocenters. The standard InChI is InChI=1S/C18H28N2/c1-2-6-15-10-12-20(13-15)18(14-19)11-5-8-16-7-3-4-9-17(16)18/h3-4,7,9,15H,2,5-6,8,10-14,19H2,1H3. The largest absolute Gasteiger partial charge is 0.328 e. The zero-order chi connectivity index (χ0) is 14.0. The van der Waals surface area contributed by atoms with Crippen LogP contribution in [0.4, 0.5) is 0 Å². The van der Waals surface area contributed by atoms with Crippen LogP contribution >= 0.6 is 0 Å². The summed E-state index contributed by atoms with van der Waals surface area (Å²) in [6.07, 6.45) is 7.79. The van der Waals surface area contributed by atoms with Crippen LogP contribution in [0.25, 0.3) is 0 Å². The molecule has 20 heavy (non-hydrogen) atoms. The number of nitrogens with zero attached hydrogens (tertiary/aromatic N) is 1. The number of fused-ring (bicyclic) bond motifs is 1. The van der Waals surface area contributed by atoms with E-state index in [1.54, 1.807) is 0 Å². The monoisotopic (exact) mass is 272 g/mol. The molecule has 2 atom stereocenters. The molecule has 2 heteroatoms. The molecular weight excluding hydrogens is 244 g/mol. The van der Waals surface area contributed by atoms with Crippen LogP contribution in [0.5, 0.6) is 0 Å². The molecule has 1 aromatic rings. The van der Waals surface area contributed by atoms with Crippen molar-refractivity contribution in [2.45, 2.75) is 51.0 Å². The third kappa shape index (κ3) is 2.29. The Kier molecular flexibility index (Phi) is 4.13. The van der Waals surface area contributed by atoms with Gasteiger partial charge in [-0.2, -0.15) is 0 Å². The van der Waals surface area contributed by atoms with E-state index in [4.69, 9.17) is 5.73 Å². The lowest BCUT2D eigenvalue weighted by atomic mass is 9.75. The predicted octanol–water partition coefficient (Wildman–Crippen LogP) is 3.30. The van der Waals surface area contributed by atoms with Crippen LogP contribution in [0, 0.1) is 5.92 Å². The number of hydrogen-bond acceptors (Lipinski definition) is 2. The fourth-order valence-electron chi connectivity index (χ4n) is 4.43. The van der Waals surface area contributed by atoms with Gasteiger partial charge in [0.25, 0.3) is 0 Å². The van der Waals surface area contributed by atoms with Crippen LogP contribution in [0.1, 0.15) is 50.2 Å². The zero-order valence-corrected chi connectivity index (χ0v) is 12.8. The third-order valence-electron chi connectivity index (χ3n) is 5.48. The fourth-order valence-corrected chi connectivity index (χ4v) is 4.43. The molecule has 1 saturated heterocycles. The molecule has 1 fully saturated rings. The van der Waals surface area contributed by atoms with Crippen LogP contribution in [-0.4, -0.2) is 24.5 Å². The Morgan fingerprint density at radius 1 is 1.35 bits per heavy atom. The Bertz CT molecular complexity index is 456. The van der Waals surface area contributed by atoms with Crippen molar-refractivity contribution in [1.82, 2.24) is 4.90 Å². The first-order valence-electron chi connectivity index (χ1n) is 8.33. The third-order valence-corrected chi connectivity index (χ3v) is 5.48. The van der Waals surface area contributed by atoms with E-state index in [9.17, 15) is 0 Å². The lowest BCUT2D eigenvalue weighted by molar-refractivity contribution is 0.0965. The van der Waals surface area contributed by atoms with Gasteiger partial charge in [-0.1, -0.05) is 37.6 Å². The highest BCUT2D eigenvalue weighted by Gasteiger charge is 2.43. The fraction of sp³-hybridized carbons (Fsp3) is 0.667. The number of benzene rings is 1. The minimum absolute atomic E-state index is 0.122. The molecule has 0 amide bonds. The summed E-state index contributed by atoms with van der Waals surface area (Å²) >= 11 is 0. The topological polar surface area (TPSA) is 29.3 Å². The summed E-state index contributed by atoms with van der Waals surface area (Å²) < 4.78 is 0. The average molecular weight is 272 g/mol. The maximum Gasteiger partial charge on any atom is 0.0586 e. The Labute approximate surface area is 123 Å². The Morgan fingerprint density at radius 3 is 3.00 bits per heavy atom. The van der Waals surface area contributed by atoms with Crippen molar-refractivity contribution in [2.75, 3.05) is 19.6 Å². The summed E-state index contributed by atoms with van der Waals surface area (Å²) in [4.78, 5) is 2.71. The van der Waals surface area contributed by atoms with Crippen molar-refractivity contribution in [3.05, 3.63) is 35.4 Å². The molecule has 0 radical (unpaired) electrons. The van der Waals surface area contributed by atoms with E-state index >= 15 is 0 Å². The van der Waals surface area contributed by atoms with Gasteiger partial charge in [0.2, 0.25) is 0 Å². The van der Waals surface area contributed by atoms with Gasteiger partial charge in [0.1, 0.15) is 0 Å². The molecule has 0 spiro atoms. The second kappa shape index (κ2) is 5.87. The van der Waals surface area contributed by atoms with E-state index in [0.29, 0.717) is 0 Å². The maximum atomic E-state index is 6.31. The maximum absolute atomic E-state index is 6.31. The zero-order valence-electron chi connectivity index (χ0n) is 12.8. The summed E-state index contributed by atoms with van der Waals surface area (Å²) in [5.41, 5.74) is 9.48. The summed E-state index contributed by atoms with van der Waals surface area (Å²) in [5, 5.41) is 0. The Balaban J connectivity index is 1.89. The van der Waals surface area contributed by atoms with E-state index in [1.807, 2.05) is 0 Å². The summed E-state index contributed by atoms with van der Waals surface area (Å²) in [5.74, 6) is 0.887.